The van der Waals surface area contributed by atoms with Crippen LogP contribution in [0, 0.1) is 0 Å². The zero-order valence-corrected chi connectivity index (χ0v) is 12.0. The Kier molecular flexibility index (Phi) is 6.66. The summed E-state index contributed by atoms with van der Waals surface area (Å²) in [5.41, 5.74) is 0. The van der Waals surface area contributed by atoms with Crippen LogP contribution in [0.2, 0.25) is 0 Å². The molecule has 108 valence electrons. The van der Waals surface area contributed by atoms with Crippen LogP contribution in [0.1, 0.15) is 26.2 Å². The zero-order valence-electron chi connectivity index (χ0n) is 11.2. The van der Waals surface area contributed by atoms with E-state index in [1.807, 2.05) is 31.2 Å². The maximum absolute atomic E-state index is 10.8. The number of ether oxygens (including phenoxy) is 2. The van der Waals surface area contributed by atoms with Crippen LogP contribution in [0.25, 0.3) is 0 Å². The Morgan fingerprint density at radius 2 is 1.63 bits per heavy atom. The lowest BCUT2D eigenvalue weighted by atomic mass is 10.3. The predicted molar refractivity (Wildman–Crippen MR) is 74.9 cm³/mol. The average Bonchev–Trinajstić information content (AvgIpc) is 2.36. The van der Waals surface area contributed by atoms with E-state index < -0.39 is 10.0 Å². The van der Waals surface area contributed by atoms with E-state index in [-0.39, 0.29) is 5.75 Å². The molecule has 0 aliphatic heterocycles. The zero-order chi connectivity index (χ0) is 14.1. The lowest BCUT2D eigenvalue weighted by molar-refractivity contribution is 0.265. The van der Waals surface area contributed by atoms with E-state index >= 15 is 0 Å². The molecule has 0 aromatic heterocycles. The third-order valence-electron chi connectivity index (χ3n) is 2.39. The summed E-state index contributed by atoms with van der Waals surface area (Å²) < 4.78 is 32.7. The van der Waals surface area contributed by atoms with Gasteiger partial charge in [0.1, 0.15) is 0 Å². The van der Waals surface area contributed by atoms with E-state index in [0.29, 0.717) is 31.8 Å². The van der Waals surface area contributed by atoms with Crippen LogP contribution in [-0.2, 0) is 10.0 Å². The maximum Gasteiger partial charge on any atom is 0.209 e. The number of nitrogens with two attached hydrogens (primary N) is 1. The van der Waals surface area contributed by atoms with Crippen LogP contribution in [0.15, 0.2) is 24.3 Å². The van der Waals surface area contributed by atoms with Crippen molar-refractivity contribution in [2.24, 2.45) is 5.14 Å². The van der Waals surface area contributed by atoms with Crippen molar-refractivity contribution in [3.63, 3.8) is 0 Å². The molecule has 0 aliphatic rings. The van der Waals surface area contributed by atoms with Gasteiger partial charge in [-0.3, -0.25) is 0 Å². The first-order valence-corrected chi connectivity index (χ1v) is 8.09. The van der Waals surface area contributed by atoms with Gasteiger partial charge in [-0.05, 0) is 31.4 Å². The lowest BCUT2D eigenvalue weighted by Crippen LogP contribution is -2.16. The Balaban J connectivity index is 2.36. The average molecular weight is 287 g/mol. The highest BCUT2D eigenvalue weighted by Gasteiger charge is 2.05. The first-order valence-electron chi connectivity index (χ1n) is 6.38. The van der Waals surface area contributed by atoms with E-state index in [1.54, 1.807) is 0 Å². The van der Waals surface area contributed by atoms with E-state index in [2.05, 4.69) is 0 Å². The smallest absolute Gasteiger partial charge is 0.209 e. The molecule has 0 atom stereocenters. The number of unbranched alkanes of at least 4 members (excludes halogenated alkanes) is 1. The minimum atomic E-state index is -3.37. The topological polar surface area (TPSA) is 78.6 Å². The van der Waals surface area contributed by atoms with E-state index in [4.69, 9.17) is 14.6 Å². The van der Waals surface area contributed by atoms with Crippen molar-refractivity contribution in [3.8, 4) is 11.5 Å². The molecule has 0 aliphatic carbocycles. The molecule has 0 spiro atoms. The van der Waals surface area contributed by atoms with Crippen molar-refractivity contribution in [3.05, 3.63) is 24.3 Å². The molecule has 5 nitrogen and oxygen atoms in total. The summed E-state index contributed by atoms with van der Waals surface area (Å²) in [5.74, 6) is 1.40. The molecule has 0 saturated carbocycles. The van der Waals surface area contributed by atoms with Crippen molar-refractivity contribution < 1.29 is 17.9 Å². The quantitative estimate of drug-likeness (QED) is 0.704. The second-order valence-corrected chi connectivity index (χ2v) is 5.95. The van der Waals surface area contributed by atoms with Crippen LogP contribution in [-0.4, -0.2) is 27.4 Å². The molecule has 1 aromatic rings. The molecule has 0 saturated heterocycles. The van der Waals surface area contributed by atoms with Gasteiger partial charge >= 0.3 is 0 Å². The Morgan fingerprint density at radius 3 is 2.16 bits per heavy atom. The van der Waals surface area contributed by atoms with Crippen LogP contribution in [0.4, 0.5) is 0 Å². The first-order chi connectivity index (χ1) is 9.03. The molecule has 1 aromatic carbocycles. The lowest BCUT2D eigenvalue weighted by Gasteiger charge is -2.11. The fourth-order valence-electron chi connectivity index (χ4n) is 1.49. The SMILES string of the molecule is CCCOc1ccccc1OCCCCS(N)(=O)=O. The highest BCUT2D eigenvalue weighted by Crippen LogP contribution is 2.26. The predicted octanol–water partition coefficient (Wildman–Crippen LogP) is 1.92. The van der Waals surface area contributed by atoms with Gasteiger partial charge in [-0.1, -0.05) is 19.1 Å². The Bertz CT molecular complexity index is 473. The van der Waals surface area contributed by atoms with E-state index in [9.17, 15) is 8.42 Å². The van der Waals surface area contributed by atoms with Gasteiger partial charge in [0, 0.05) is 0 Å². The minimum Gasteiger partial charge on any atom is -0.490 e. The third-order valence-corrected chi connectivity index (χ3v) is 3.25. The molecule has 2 N–H and O–H groups in total. The molecule has 0 radical (unpaired) electrons. The summed E-state index contributed by atoms with van der Waals surface area (Å²) in [7, 11) is -3.37. The van der Waals surface area contributed by atoms with Gasteiger partial charge in [-0.25, -0.2) is 13.6 Å². The maximum atomic E-state index is 10.8. The van der Waals surface area contributed by atoms with Gasteiger partial charge in [0.05, 0.1) is 19.0 Å². The number of benzene rings is 1. The number of para-hydroxylation sites is 2. The Morgan fingerprint density at radius 1 is 1.05 bits per heavy atom. The summed E-state index contributed by atoms with van der Waals surface area (Å²) in [6.07, 6.45) is 2.07. The summed E-state index contributed by atoms with van der Waals surface area (Å²) in [6, 6.07) is 7.46. The molecule has 0 unspecified atom stereocenters. The van der Waals surface area contributed by atoms with Gasteiger partial charge in [-0.2, -0.15) is 0 Å². The molecule has 0 fully saturated rings. The van der Waals surface area contributed by atoms with Gasteiger partial charge in [-0.15, -0.1) is 0 Å². The molecule has 19 heavy (non-hydrogen) atoms. The highest BCUT2D eigenvalue weighted by molar-refractivity contribution is 7.89. The van der Waals surface area contributed by atoms with Crippen molar-refractivity contribution in [1.29, 1.82) is 0 Å². The summed E-state index contributed by atoms with van der Waals surface area (Å²) in [6.45, 7) is 3.13. The number of hydrogen-bond donors (Lipinski definition) is 1. The first kappa shape index (κ1) is 15.8. The number of sulfonamides is 1. The molecular formula is C13H21NO4S. The molecule has 0 amide bonds. The molecule has 0 bridgehead atoms. The summed E-state index contributed by atoms with van der Waals surface area (Å²) in [4.78, 5) is 0. The number of rotatable bonds is 9. The summed E-state index contributed by atoms with van der Waals surface area (Å²) >= 11 is 0. The molecule has 1 rings (SSSR count). The fraction of sp³-hybridized carbons (Fsp3) is 0.538. The van der Waals surface area contributed by atoms with E-state index in [1.165, 1.54) is 0 Å². The normalized spacial score (nSPS) is 11.3. The molecule has 6 heteroatoms. The van der Waals surface area contributed by atoms with Crippen LogP contribution < -0.4 is 14.6 Å². The van der Waals surface area contributed by atoms with Gasteiger partial charge in [0.2, 0.25) is 10.0 Å². The Labute approximate surface area is 114 Å². The van der Waals surface area contributed by atoms with Crippen LogP contribution in [0.5, 0.6) is 11.5 Å². The largest absolute Gasteiger partial charge is 0.490 e. The standard InChI is InChI=1S/C13H21NO4S/c1-2-9-17-12-7-3-4-8-13(12)18-10-5-6-11-19(14,15)16/h3-4,7-8H,2,5-6,9-11H2,1H3,(H2,14,15,16). The van der Waals surface area contributed by atoms with Gasteiger partial charge < -0.3 is 9.47 Å². The second-order valence-electron chi connectivity index (χ2n) is 4.22. The van der Waals surface area contributed by atoms with Gasteiger partial charge in [0.25, 0.3) is 0 Å². The highest BCUT2D eigenvalue weighted by atomic mass is 32.2. The molecular weight excluding hydrogens is 266 g/mol. The van der Waals surface area contributed by atoms with Crippen molar-refractivity contribution in [2.45, 2.75) is 26.2 Å². The number of hydrogen-bond acceptors (Lipinski definition) is 4. The number of primary sulfonamides is 1. The summed E-state index contributed by atoms with van der Waals surface area (Å²) in [5, 5.41) is 4.92. The van der Waals surface area contributed by atoms with Crippen molar-refractivity contribution in [1.82, 2.24) is 0 Å². The second kappa shape index (κ2) is 8.01. The monoisotopic (exact) mass is 287 g/mol. The van der Waals surface area contributed by atoms with Crippen molar-refractivity contribution >= 4 is 10.0 Å². The van der Waals surface area contributed by atoms with Crippen LogP contribution >= 0.6 is 0 Å². The fourth-order valence-corrected chi connectivity index (χ4v) is 2.09. The third kappa shape index (κ3) is 7.03. The van der Waals surface area contributed by atoms with Gasteiger partial charge in [0.15, 0.2) is 11.5 Å². The molecule has 0 heterocycles. The van der Waals surface area contributed by atoms with Crippen LogP contribution in [0.3, 0.4) is 0 Å². The Hall–Kier alpha value is -1.27. The van der Waals surface area contributed by atoms with E-state index in [0.717, 1.165) is 12.2 Å². The minimum absolute atomic E-state index is 0.00958. The van der Waals surface area contributed by atoms with Crippen molar-refractivity contribution in [2.75, 3.05) is 19.0 Å².